The van der Waals surface area contributed by atoms with Gasteiger partial charge in [-0.05, 0) is 30.3 Å². The topological polar surface area (TPSA) is 70.9 Å². The van der Waals surface area contributed by atoms with Crippen molar-refractivity contribution in [2.45, 2.75) is 19.8 Å². The Morgan fingerprint density at radius 3 is 2.90 bits per heavy atom. The number of imidazole rings is 1. The lowest BCUT2D eigenvalue weighted by atomic mass is 10.2. The molecule has 5 heteroatoms. The molecule has 3 rings (SSSR count). The summed E-state index contributed by atoms with van der Waals surface area (Å²) in [5.41, 5.74) is 2.51. The number of fused-ring (bicyclic) bond motifs is 1. The molecule has 2 N–H and O–H groups in total. The van der Waals surface area contributed by atoms with Gasteiger partial charge in [-0.1, -0.05) is 13.8 Å². The lowest BCUT2D eigenvalue weighted by molar-refractivity contribution is 0.0996. The summed E-state index contributed by atoms with van der Waals surface area (Å²) in [6.45, 7) is 4.16. The third-order valence-electron chi connectivity index (χ3n) is 3.05. The lowest BCUT2D eigenvalue weighted by Crippen LogP contribution is -2.10. The zero-order chi connectivity index (χ0) is 14.1. The van der Waals surface area contributed by atoms with E-state index in [1.807, 2.05) is 18.2 Å². The Bertz CT molecular complexity index is 742. The first-order chi connectivity index (χ1) is 9.63. The molecule has 0 saturated carbocycles. The van der Waals surface area contributed by atoms with Crippen molar-refractivity contribution < 1.29 is 9.21 Å². The van der Waals surface area contributed by atoms with E-state index in [0.717, 1.165) is 16.9 Å². The molecule has 0 bridgehead atoms. The highest BCUT2D eigenvalue weighted by atomic mass is 16.3. The number of anilines is 1. The number of aromatic amines is 1. The van der Waals surface area contributed by atoms with Gasteiger partial charge in [0.2, 0.25) is 0 Å². The monoisotopic (exact) mass is 269 g/mol. The highest BCUT2D eigenvalue weighted by Gasteiger charge is 2.10. The molecule has 0 saturated heterocycles. The first-order valence-corrected chi connectivity index (χ1v) is 6.48. The maximum atomic E-state index is 11.9. The number of H-pyrrole nitrogens is 1. The van der Waals surface area contributed by atoms with Crippen molar-refractivity contribution in [3.8, 4) is 0 Å². The first-order valence-electron chi connectivity index (χ1n) is 6.48. The van der Waals surface area contributed by atoms with Gasteiger partial charge in [-0.25, -0.2) is 4.98 Å². The van der Waals surface area contributed by atoms with Gasteiger partial charge in [-0.2, -0.15) is 0 Å². The van der Waals surface area contributed by atoms with Gasteiger partial charge in [0.1, 0.15) is 5.82 Å². The zero-order valence-corrected chi connectivity index (χ0v) is 11.3. The van der Waals surface area contributed by atoms with Crippen LogP contribution in [0.25, 0.3) is 11.0 Å². The molecule has 5 nitrogen and oxygen atoms in total. The maximum Gasteiger partial charge on any atom is 0.291 e. The van der Waals surface area contributed by atoms with Gasteiger partial charge >= 0.3 is 0 Å². The molecule has 0 radical (unpaired) electrons. The zero-order valence-electron chi connectivity index (χ0n) is 11.3. The summed E-state index contributed by atoms with van der Waals surface area (Å²) in [5.74, 6) is 1.30. The molecule has 2 aromatic heterocycles. The number of aromatic nitrogens is 2. The number of carbonyl (C=O) groups excluding carboxylic acids is 1. The molecule has 0 aliphatic heterocycles. The fourth-order valence-corrected chi connectivity index (χ4v) is 1.98. The summed E-state index contributed by atoms with van der Waals surface area (Å²) in [4.78, 5) is 19.6. The van der Waals surface area contributed by atoms with Gasteiger partial charge < -0.3 is 14.7 Å². The Morgan fingerprint density at radius 2 is 2.20 bits per heavy atom. The number of carbonyl (C=O) groups is 1. The van der Waals surface area contributed by atoms with Crippen molar-refractivity contribution in [2.24, 2.45) is 0 Å². The normalized spacial score (nSPS) is 11.2. The fraction of sp³-hybridized carbons (Fsp3) is 0.200. The fourth-order valence-electron chi connectivity index (χ4n) is 1.98. The van der Waals surface area contributed by atoms with Gasteiger partial charge in [0.05, 0.1) is 17.3 Å². The third-order valence-corrected chi connectivity index (χ3v) is 3.05. The quantitative estimate of drug-likeness (QED) is 0.764. The first kappa shape index (κ1) is 12.5. The Hall–Kier alpha value is -2.56. The molecular formula is C15H15N3O2. The molecule has 1 amide bonds. The molecule has 102 valence electrons. The summed E-state index contributed by atoms with van der Waals surface area (Å²) in [6, 6.07) is 8.89. The highest BCUT2D eigenvalue weighted by molar-refractivity contribution is 6.03. The van der Waals surface area contributed by atoms with Crippen LogP contribution < -0.4 is 5.32 Å². The number of furan rings is 1. The van der Waals surface area contributed by atoms with E-state index in [-0.39, 0.29) is 11.7 Å². The van der Waals surface area contributed by atoms with Crippen LogP contribution in [0, 0.1) is 0 Å². The number of amides is 1. The van der Waals surface area contributed by atoms with Gasteiger partial charge in [0.15, 0.2) is 5.76 Å². The minimum Gasteiger partial charge on any atom is -0.459 e. The van der Waals surface area contributed by atoms with Crippen LogP contribution in [-0.4, -0.2) is 15.9 Å². The summed E-state index contributed by atoms with van der Waals surface area (Å²) < 4.78 is 5.06. The van der Waals surface area contributed by atoms with Crippen LogP contribution >= 0.6 is 0 Å². The van der Waals surface area contributed by atoms with Crippen molar-refractivity contribution in [1.82, 2.24) is 9.97 Å². The SMILES string of the molecule is CC(C)c1nc2ccc(NC(=O)c3ccco3)cc2[nH]1. The lowest BCUT2D eigenvalue weighted by Gasteiger charge is -2.02. The summed E-state index contributed by atoms with van der Waals surface area (Å²) in [5, 5.41) is 2.79. The molecule has 1 aromatic carbocycles. The predicted molar refractivity (Wildman–Crippen MR) is 76.8 cm³/mol. The van der Waals surface area contributed by atoms with Crippen molar-refractivity contribution in [3.63, 3.8) is 0 Å². The average Bonchev–Trinajstić information content (AvgIpc) is 3.07. The van der Waals surface area contributed by atoms with Crippen LogP contribution in [0.15, 0.2) is 41.0 Å². The van der Waals surface area contributed by atoms with Gasteiger partial charge in [0, 0.05) is 11.6 Å². The number of nitrogens with zero attached hydrogens (tertiary/aromatic N) is 1. The predicted octanol–water partition coefficient (Wildman–Crippen LogP) is 3.53. The standard InChI is InChI=1S/C15H15N3O2/c1-9(2)14-17-11-6-5-10(8-12(11)18-14)16-15(19)13-4-3-7-20-13/h3-9H,1-2H3,(H,16,19)(H,17,18). The van der Waals surface area contributed by atoms with Crippen molar-refractivity contribution in [3.05, 3.63) is 48.2 Å². The largest absolute Gasteiger partial charge is 0.459 e. The van der Waals surface area contributed by atoms with Crippen LogP contribution in [0.4, 0.5) is 5.69 Å². The second-order valence-corrected chi connectivity index (χ2v) is 4.94. The van der Waals surface area contributed by atoms with E-state index in [1.165, 1.54) is 6.26 Å². The number of benzene rings is 1. The van der Waals surface area contributed by atoms with Crippen molar-refractivity contribution in [2.75, 3.05) is 5.32 Å². The van der Waals surface area contributed by atoms with Crippen LogP contribution in [-0.2, 0) is 0 Å². The average molecular weight is 269 g/mol. The minimum atomic E-state index is -0.266. The van der Waals surface area contributed by atoms with E-state index >= 15 is 0 Å². The molecule has 0 aliphatic rings. The maximum absolute atomic E-state index is 11.9. The molecule has 0 spiro atoms. The number of rotatable bonds is 3. The molecule has 0 fully saturated rings. The minimum absolute atomic E-state index is 0.266. The third kappa shape index (κ3) is 2.30. The summed E-state index contributed by atoms with van der Waals surface area (Å²) >= 11 is 0. The molecule has 3 aromatic rings. The van der Waals surface area contributed by atoms with Crippen LogP contribution in [0.5, 0.6) is 0 Å². The van der Waals surface area contributed by atoms with E-state index in [0.29, 0.717) is 11.6 Å². The molecule has 0 aliphatic carbocycles. The Kier molecular flexibility index (Phi) is 3.02. The highest BCUT2D eigenvalue weighted by Crippen LogP contribution is 2.21. The number of hydrogen-bond donors (Lipinski definition) is 2. The van der Waals surface area contributed by atoms with Crippen LogP contribution in [0.2, 0.25) is 0 Å². The molecule has 0 atom stereocenters. The second-order valence-electron chi connectivity index (χ2n) is 4.94. The molecule has 20 heavy (non-hydrogen) atoms. The van der Waals surface area contributed by atoms with E-state index < -0.39 is 0 Å². The summed E-state index contributed by atoms with van der Waals surface area (Å²) in [7, 11) is 0. The Labute approximate surface area is 116 Å². The van der Waals surface area contributed by atoms with Gasteiger partial charge in [-0.3, -0.25) is 4.79 Å². The van der Waals surface area contributed by atoms with Gasteiger partial charge in [0.25, 0.3) is 5.91 Å². The smallest absolute Gasteiger partial charge is 0.291 e. The second kappa shape index (κ2) is 4.85. The van der Waals surface area contributed by atoms with Crippen molar-refractivity contribution in [1.29, 1.82) is 0 Å². The number of nitrogens with one attached hydrogen (secondary N) is 2. The molecule has 2 heterocycles. The van der Waals surface area contributed by atoms with E-state index in [2.05, 4.69) is 29.1 Å². The molecule has 0 unspecified atom stereocenters. The Morgan fingerprint density at radius 1 is 1.35 bits per heavy atom. The van der Waals surface area contributed by atoms with Crippen LogP contribution in [0.1, 0.15) is 36.1 Å². The van der Waals surface area contributed by atoms with E-state index in [9.17, 15) is 4.79 Å². The van der Waals surface area contributed by atoms with Crippen LogP contribution in [0.3, 0.4) is 0 Å². The summed E-state index contributed by atoms with van der Waals surface area (Å²) in [6.07, 6.45) is 1.47. The Balaban J connectivity index is 1.87. The van der Waals surface area contributed by atoms with Crippen molar-refractivity contribution >= 4 is 22.6 Å². The van der Waals surface area contributed by atoms with E-state index in [1.54, 1.807) is 12.1 Å². The molecular weight excluding hydrogens is 254 g/mol. The number of hydrogen-bond acceptors (Lipinski definition) is 3. The van der Waals surface area contributed by atoms with E-state index in [4.69, 9.17) is 4.42 Å². The van der Waals surface area contributed by atoms with Gasteiger partial charge in [-0.15, -0.1) is 0 Å².